The number of hydrogen-bond donors (Lipinski definition) is 1. The van der Waals surface area contributed by atoms with Crippen LogP contribution in [0, 0.1) is 5.82 Å². The molecule has 8 heteroatoms. The number of aromatic nitrogens is 6. The standard InChI is InChI=1S/C12H10FN7/c1-14-11-17-10(8-4-9(13)6-16-5-8)18-12(19-11)20-3-2-15-7-20/h2-7H,1H3,(H,14,17,18,19). The maximum atomic E-state index is 13.2. The highest BCUT2D eigenvalue weighted by Gasteiger charge is 2.10. The van der Waals surface area contributed by atoms with Crippen molar-refractivity contribution in [3.05, 3.63) is 43.0 Å². The van der Waals surface area contributed by atoms with Gasteiger partial charge in [0.25, 0.3) is 0 Å². The second-order valence-corrected chi connectivity index (χ2v) is 3.89. The van der Waals surface area contributed by atoms with Gasteiger partial charge in [0.15, 0.2) is 5.82 Å². The summed E-state index contributed by atoms with van der Waals surface area (Å²) in [5.41, 5.74) is 0.477. The third-order valence-electron chi connectivity index (χ3n) is 2.55. The summed E-state index contributed by atoms with van der Waals surface area (Å²) in [6.45, 7) is 0. The number of pyridine rings is 1. The van der Waals surface area contributed by atoms with Crippen molar-refractivity contribution in [3.63, 3.8) is 0 Å². The fourth-order valence-corrected chi connectivity index (χ4v) is 1.63. The molecule has 0 atom stereocenters. The molecule has 7 nitrogen and oxygen atoms in total. The number of rotatable bonds is 3. The van der Waals surface area contributed by atoms with E-state index < -0.39 is 5.82 Å². The van der Waals surface area contributed by atoms with Gasteiger partial charge in [0, 0.05) is 31.2 Å². The summed E-state index contributed by atoms with van der Waals surface area (Å²) in [7, 11) is 1.70. The highest BCUT2D eigenvalue weighted by Crippen LogP contribution is 2.17. The molecule has 0 fully saturated rings. The number of hydrogen-bond acceptors (Lipinski definition) is 6. The van der Waals surface area contributed by atoms with Crippen molar-refractivity contribution in [2.45, 2.75) is 0 Å². The van der Waals surface area contributed by atoms with Crippen molar-refractivity contribution in [2.24, 2.45) is 0 Å². The van der Waals surface area contributed by atoms with Crippen LogP contribution in [0.15, 0.2) is 37.2 Å². The maximum absolute atomic E-state index is 13.2. The van der Waals surface area contributed by atoms with Crippen LogP contribution in [-0.2, 0) is 0 Å². The monoisotopic (exact) mass is 271 g/mol. The van der Waals surface area contributed by atoms with Crippen LogP contribution in [0.1, 0.15) is 0 Å². The first-order valence-corrected chi connectivity index (χ1v) is 5.79. The Hall–Kier alpha value is -2.90. The molecule has 20 heavy (non-hydrogen) atoms. The quantitative estimate of drug-likeness (QED) is 0.773. The van der Waals surface area contributed by atoms with Gasteiger partial charge in [-0.05, 0) is 6.07 Å². The molecule has 0 spiro atoms. The topological polar surface area (TPSA) is 81.4 Å². The molecule has 0 aliphatic carbocycles. The summed E-state index contributed by atoms with van der Waals surface area (Å²) in [4.78, 5) is 20.4. The van der Waals surface area contributed by atoms with Gasteiger partial charge < -0.3 is 5.32 Å². The fraction of sp³-hybridized carbons (Fsp3) is 0.0833. The highest BCUT2D eigenvalue weighted by molar-refractivity contribution is 5.55. The minimum absolute atomic E-state index is 0.333. The van der Waals surface area contributed by atoms with Crippen molar-refractivity contribution in [3.8, 4) is 17.3 Å². The Labute approximate surface area is 113 Å². The van der Waals surface area contributed by atoms with Gasteiger partial charge in [-0.25, -0.2) is 9.37 Å². The average Bonchev–Trinajstić information content (AvgIpc) is 3.01. The van der Waals surface area contributed by atoms with Gasteiger partial charge in [0.05, 0.1) is 6.20 Å². The molecule has 0 radical (unpaired) electrons. The van der Waals surface area contributed by atoms with Crippen molar-refractivity contribution in [1.82, 2.24) is 29.5 Å². The smallest absolute Gasteiger partial charge is 0.240 e. The van der Waals surface area contributed by atoms with E-state index in [2.05, 4.69) is 30.2 Å². The highest BCUT2D eigenvalue weighted by atomic mass is 19.1. The molecule has 0 saturated heterocycles. The first kappa shape index (κ1) is 12.2. The molecule has 0 aliphatic heterocycles. The average molecular weight is 271 g/mol. The number of halogens is 1. The van der Waals surface area contributed by atoms with Gasteiger partial charge in [-0.1, -0.05) is 0 Å². The Morgan fingerprint density at radius 1 is 1.15 bits per heavy atom. The lowest BCUT2D eigenvalue weighted by molar-refractivity contribution is 0.621. The van der Waals surface area contributed by atoms with Crippen molar-refractivity contribution in [2.75, 3.05) is 12.4 Å². The molecular formula is C12H10FN7. The van der Waals surface area contributed by atoms with Gasteiger partial charge in [-0.15, -0.1) is 0 Å². The van der Waals surface area contributed by atoms with Gasteiger partial charge in [-0.2, -0.15) is 15.0 Å². The second kappa shape index (κ2) is 5.00. The molecule has 0 saturated carbocycles. The van der Waals surface area contributed by atoms with Gasteiger partial charge in [0.2, 0.25) is 11.9 Å². The molecule has 3 aromatic heterocycles. The minimum atomic E-state index is -0.446. The molecule has 0 aromatic carbocycles. The SMILES string of the molecule is CNc1nc(-c2cncc(F)c2)nc(-n2ccnc2)n1. The molecule has 3 aromatic rings. The van der Waals surface area contributed by atoms with Gasteiger partial charge >= 0.3 is 0 Å². The van der Waals surface area contributed by atoms with E-state index in [9.17, 15) is 4.39 Å². The lowest BCUT2D eigenvalue weighted by atomic mass is 10.2. The third-order valence-corrected chi connectivity index (χ3v) is 2.55. The largest absolute Gasteiger partial charge is 0.357 e. The lowest BCUT2D eigenvalue weighted by Crippen LogP contribution is -2.07. The molecule has 100 valence electrons. The van der Waals surface area contributed by atoms with E-state index in [-0.39, 0.29) is 0 Å². The Morgan fingerprint density at radius 3 is 2.75 bits per heavy atom. The molecule has 0 aliphatic rings. The van der Waals surface area contributed by atoms with E-state index >= 15 is 0 Å². The van der Waals surface area contributed by atoms with Crippen LogP contribution in [0.5, 0.6) is 0 Å². The second-order valence-electron chi connectivity index (χ2n) is 3.89. The molecular weight excluding hydrogens is 261 g/mol. The molecule has 3 rings (SSSR count). The van der Waals surface area contributed by atoms with E-state index in [0.717, 1.165) is 6.20 Å². The van der Waals surface area contributed by atoms with Crippen molar-refractivity contribution < 1.29 is 4.39 Å². The summed E-state index contributed by atoms with van der Waals surface area (Å²) in [5.74, 6) is 0.655. The zero-order valence-corrected chi connectivity index (χ0v) is 10.5. The minimum Gasteiger partial charge on any atom is -0.357 e. The summed E-state index contributed by atoms with van der Waals surface area (Å²) >= 11 is 0. The number of nitrogens with one attached hydrogen (secondary N) is 1. The normalized spacial score (nSPS) is 10.5. The summed E-state index contributed by atoms with van der Waals surface area (Å²) in [5, 5.41) is 2.84. The van der Waals surface area contributed by atoms with E-state index in [1.165, 1.54) is 12.3 Å². The van der Waals surface area contributed by atoms with Gasteiger partial charge in [-0.3, -0.25) is 9.55 Å². The van der Waals surface area contributed by atoms with Crippen molar-refractivity contribution in [1.29, 1.82) is 0 Å². The molecule has 0 bridgehead atoms. The van der Waals surface area contributed by atoms with E-state index in [0.29, 0.717) is 23.3 Å². The third kappa shape index (κ3) is 2.30. The van der Waals surface area contributed by atoms with E-state index in [4.69, 9.17) is 0 Å². The summed E-state index contributed by atoms with van der Waals surface area (Å²) in [6.07, 6.45) is 7.52. The number of nitrogens with zero attached hydrogens (tertiary/aromatic N) is 6. The molecule has 0 unspecified atom stereocenters. The van der Waals surface area contributed by atoms with Crippen LogP contribution in [0.2, 0.25) is 0 Å². The molecule has 3 heterocycles. The van der Waals surface area contributed by atoms with Crippen LogP contribution >= 0.6 is 0 Å². The van der Waals surface area contributed by atoms with E-state index in [1.807, 2.05) is 0 Å². The predicted octanol–water partition coefficient (Wildman–Crippen LogP) is 1.30. The van der Waals surface area contributed by atoms with E-state index in [1.54, 1.807) is 30.3 Å². The Morgan fingerprint density at radius 2 is 2.05 bits per heavy atom. The Kier molecular flexibility index (Phi) is 3.04. The van der Waals surface area contributed by atoms with Crippen LogP contribution in [0.4, 0.5) is 10.3 Å². The van der Waals surface area contributed by atoms with Crippen LogP contribution in [0.25, 0.3) is 17.3 Å². The Balaban J connectivity index is 2.14. The van der Waals surface area contributed by atoms with Crippen molar-refractivity contribution >= 4 is 5.95 Å². The summed E-state index contributed by atoms with van der Waals surface area (Å²) in [6, 6.07) is 1.32. The maximum Gasteiger partial charge on any atom is 0.240 e. The predicted molar refractivity (Wildman–Crippen MR) is 69.7 cm³/mol. The van der Waals surface area contributed by atoms with Crippen LogP contribution < -0.4 is 5.32 Å². The van der Waals surface area contributed by atoms with Crippen LogP contribution in [-0.4, -0.2) is 36.5 Å². The number of imidazole rings is 1. The fourth-order valence-electron chi connectivity index (χ4n) is 1.63. The number of anilines is 1. The van der Waals surface area contributed by atoms with Crippen LogP contribution in [0.3, 0.4) is 0 Å². The van der Waals surface area contributed by atoms with Gasteiger partial charge in [0.1, 0.15) is 12.1 Å². The molecule has 0 amide bonds. The first-order valence-electron chi connectivity index (χ1n) is 5.79. The summed E-state index contributed by atoms with van der Waals surface area (Å²) < 4.78 is 14.9. The molecule has 1 N–H and O–H groups in total. The lowest BCUT2D eigenvalue weighted by Gasteiger charge is -2.06. The Bertz CT molecular complexity index is 726. The zero-order valence-electron chi connectivity index (χ0n) is 10.5. The zero-order chi connectivity index (χ0) is 13.9. The first-order chi connectivity index (χ1) is 9.76.